The first-order chi connectivity index (χ1) is 12.2. The van der Waals surface area contributed by atoms with Gasteiger partial charge in [0, 0.05) is 32.1 Å². The van der Waals surface area contributed by atoms with E-state index in [1.807, 2.05) is 6.07 Å². The molecule has 1 atom stereocenters. The minimum Gasteiger partial charge on any atom is -0.368 e. The number of benzene rings is 1. The molecule has 130 valence electrons. The Morgan fingerprint density at radius 3 is 2.72 bits per heavy atom. The van der Waals surface area contributed by atoms with Crippen molar-refractivity contribution in [1.29, 1.82) is 5.26 Å². The smallest absolute Gasteiger partial charge is 0.243 e. The molecule has 1 aliphatic heterocycles. The minimum absolute atomic E-state index is 0.0603. The highest BCUT2D eigenvalue weighted by Crippen LogP contribution is 2.38. The van der Waals surface area contributed by atoms with Crippen molar-refractivity contribution in [1.82, 2.24) is 15.0 Å². The van der Waals surface area contributed by atoms with E-state index in [4.69, 9.17) is 4.52 Å². The maximum atomic E-state index is 13.8. The molecule has 2 heterocycles. The summed E-state index contributed by atoms with van der Waals surface area (Å²) in [5.41, 5.74) is 0.790. The van der Waals surface area contributed by atoms with Crippen molar-refractivity contribution in [2.24, 2.45) is 0 Å². The topological polar surface area (TPSA) is 69.2 Å². The SMILES string of the molecule is C[C@@H](c1nc(C2CC2)no1)N1CCN(c2cccc(F)c2C#N)CC1. The zero-order valence-corrected chi connectivity index (χ0v) is 14.2. The summed E-state index contributed by atoms with van der Waals surface area (Å²) in [6.07, 6.45) is 2.31. The summed E-state index contributed by atoms with van der Waals surface area (Å²) in [6.45, 7) is 5.12. The summed E-state index contributed by atoms with van der Waals surface area (Å²) >= 11 is 0. The zero-order valence-electron chi connectivity index (χ0n) is 14.2. The Labute approximate surface area is 145 Å². The number of piperazine rings is 1. The fourth-order valence-corrected chi connectivity index (χ4v) is 3.32. The van der Waals surface area contributed by atoms with Gasteiger partial charge >= 0.3 is 0 Å². The van der Waals surface area contributed by atoms with E-state index in [9.17, 15) is 9.65 Å². The van der Waals surface area contributed by atoms with E-state index in [-0.39, 0.29) is 11.6 Å². The van der Waals surface area contributed by atoms with E-state index in [1.165, 1.54) is 6.07 Å². The molecule has 7 heteroatoms. The van der Waals surface area contributed by atoms with Crippen molar-refractivity contribution in [3.63, 3.8) is 0 Å². The van der Waals surface area contributed by atoms with Crippen LogP contribution in [0.5, 0.6) is 0 Å². The van der Waals surface area contributed by atoms with Gasteiger partial charge in [-0.15, -0.1) is 0 Å². The van der Waals surface area contributed by atoms with Crippen LogP contribution in [0.25, 0.3) is 0 Å². The molecule has 1 saturated heterocycles. The highest BCUT2D eigenvalue weighted by molar-refractivity contribution is 5.60. The van der Waals surface area contributed by atoms with Crippen molar-refractivity contribution in [3.05, 3.63) is 41.3 Å². The number of nitrogens with zero attached hydrogens (tertiary/aromatic N) is 5. The van der Waals surface area contributed by atoms with Gasteiger partial charge in [-0.2, -0.15) is 10.2 Å². The van der Waals surface area contributed by atoms with Crippen LogP contribution in [0.15, 0.2) is 22.7 Å². The quantitative estimate of drug-likeness (QED) is 0.852. The molecule has 25 heavy (non-hydrogen) atoms. The van der Waals surface area contributed by atoms with Crippen LogP contribution in [0, 0.1) is 17.1 Å². The molecular weight excluding hydrogens is 321 g/mol. The maximum Gasteiger partial charge on any atom is 0.243 e. The van der Waals surface area contributed by atoms with Gasteiger partial charge in [-0.1, -0.05) is 11.2 Å². The van der Waals surface area contributed by atoms with E-state index in [1.54, 1.807) is 12.1 Å². The fourth-order valence-electron chi connectivity index (χ4n) is 3.32. The normalized spacial score (nSPS) is 19.6. The summed E-state index contributed by atoms with van der Waals surface area (Å²) in [7, 11) is 0. The summed E-state index contributed by atoms with van der Waals surface area (Å²) in [5, 5.41) is 13.3. The van der Waals surface area contributed by atoms with E-state index in [0.29, 0.717) is 17.5 Å². The predicted molar refractivity (Wildman–Crippen MR) is 89.6 cm³/mol. The minimum atomic E-state index is -0.464. The Balaban J connectivity index is 1.42. The molecular formula is C18H20FN5O. The first kappa shape index (κ1) is 16.0. The largest absolute Gasteiger partial charge is 0.368 e. The molecule has 6 nitrogen and oxygen atoms in total. The Kier molecular flexibility index (Phi) is 4.14. The number of halogens is 1. The number of anilines is 1. The van der Waals surface area contributed by atoms with Crippen molar-refractivity contribution >= 4 is 5.69 Å². The second-order valence-corrected chi connectivity index (χ2v) is 6.71. The molecule has 1 aromatic carbocycles. The average Bonchev–Trinajstić information content (AvgIpc) is 3.38. The molecule has 0 bridgehead atoms. The Morgan fingerprint density at radius 1 is 1.28 bits per heavy atom. The highest BCUT2D eigenvalue weighted by Gasteiger charge is 2.31. The van der Waals surface area contributed by atoms with Gasteiger partial charge in [0.2, 0.25) is 5.89 Å². The van der Waals surface area contributed by atoms with Gasteiger partial charge in [-0.05, 0) is 31.9 Å². The second-order valence-electron chi connectivity index (χ2n) is 6.71. The number of aromatic nitrogens is 2. The van der Waals surface area contributed by atoms with Crippen LogP contribution >= 0.6 is 0 Å². The van der Waals surface area contributed by atoms with Crippen LogP contribution in [-0.4, -0.2) is 41.2 Å². The zero-order chi connectivity index (χ0) is 17.4. The third-order valence-corrected chi connectivity index (χ3v) is 5.06. The molecule has 4 rings (SSSR count). The standard InChI is InChI=1S/C18H20FN5O/c1-12(18-21-17(22-25-18)13-5-6-13)23-7-9-24(10-8-23)16-4-2-3-15(19)14(16)11-20/h2-4,12-13H,5-10H2,1H3/t12-/m0/s1. The van der Waals surface area contributed by atoms with Crippen LogP contribution < -0.4 is 4.90 Å². The van der Waals surface area contributed by atoms with Gasteiger partial charge < -0.3 is 9.42 Å². The number of hydrogen-bond donors (Lipinski definition) is 0. The molecule has 2 aromatic rings. The monoisotopic (exact) mass is 341 g/mol. The molecule has 2 fully saturated rings. The first-order valence-corrected chi connectivity index (χ1v) is 8.68. The van der Waals surface area contributed by atoms with Crippen LogP contribution in [0.1, 0.15) is 49.0 Å². The highest BCUT2D eigenvalue weighted by atomic mass is 19.1. The molecule has 0 spiro atoms. The number of nitriles is 1. The third-order valence-electron chi connectivity index (χ3n) is 5.06. The molecule has 1 aliphatic carbocycles. The summed E-state index contributed by atoms with van der Waals surface area (Å²) in [4.78, 5) is 8.89. The molecule has 0 radical (unpaired) electrons. The molecule has 1 aromatic heterocycles. The fraction of sp³-hybridized carbons (Fsp3) is 0.500. The van der Waals surface area contributed by atoms with Gasteiger partial charge in [0.15, 0.2) is 5.82 Å². The van der Waals surface area contributed by atoms with E-state index < -0.39 is 5.82 Å². The Hall–Kier alpha value is -2.46. The summed E-state index contributed by atoms with van der Waals surface area (Å²) in [6, 6.07) is 6.82. The van der Waals surface area contributed by atoms with Gasteiger partial charge in [0.05, 0.1) is 11.7 Å². The first-order valence-electron chi connectivity index (χ1n) is 8.68. The molecule has 0 N–H and O–H groups in total. The van der Waals surface area contributed by atoms with Crippen LogP contribution in [0.3, 0.4) is 0 Å². The number of rotatable bonds is 4. The third kappa shape index (κ3) is 3.10. The van der Waals surface area contributed by atoms with Crippen LogP contribution in [-0.2, 0) is 0 Å². The van der Waals surface area contributed by atoms with Crippen molar-refractivity contribution in [2.45, 2.75) is 31.7 Å². The van der Waals surface area contributed by atoms with Crippen LogP contribution in [0.2, 0.25) is 0 Å². The predicted octanol–water partition coefficient (Wildman–Crippen LogP) is 2.84. The Bertz CT molecular complexity index is 802. The van der Waals surface area contributed by atoms with Gasteiger partial charge in [-0.25, -0.2) is 4.39 Å². The van der Waals surface area contributed by atoms with E-state index >= 15 is 0 Å². The van der Waals surface area contributed by atoms with E-state index in [2.05, 4.69) is 26.9 Å². The molecule has 1 saturated carbocycles. The number of hydrogen-bond acceptors (Lipinski definition) is 6. The van der Waals surface area contributed by atoms with Gasteiger partial charge in [0.25, 0.3) is 0 Å². The lowest BCUT2D eigenvalue weighted by molar-refractivity contribution is 0.164. The van der Waals surface area contributed by atoms with Crippen molar-refractivity contribution in [2.75, 3.05) is 31.1 Å². The molecule has 0 amide bonds. The maximum absolute atomic E-state index is 13.8. The van der Waals surface area contributed by atoms with Gasteiger partial charge in [0.1, 0.15) is 17.4 Å². The lowest BCUT2D eigenvalue weighted by Crippen LogP contribution is -2.47. The van der Waals surface area contributed by atoms with Crippen LogP contribution in [0.4, 0.5) is 10.1 Å². The van der Waals surface area contributed by atoms with Crippen molar-refractivity contribution in [3.8, 4) is 6.07 Å². The molecule has 2 aliphatic rings. The summed E-state index contributed by atoms with van der Waals surface area (Å²) < 4.78 is 19.3. The van der Waals surface area contributed by atoms with E-state index in [0.717, 1.165) is 44.8 Å². The van der Waals surface area contributed by atoms with Crippen molar-refractivity contribution < 1.29 is 8.91 Å². The van der Waals surface area contributed by atoms with Gasteiger partial charge in [-0.3, -0.25) is 4.90 Å². The lowest BCUT2D eigenvalue weighted by atomic mass is 10.1. The summed E-state index contributed by atoms with van der Waals surface area (Å²) in [5.74, 6) is 1.52. The molecule has 0 unspecified atom stereocenters. The lowest BCUT2D eigenvalue weighted by Gasteiger charge is -2.38. The average molecular weight is 341 g/mol. The Morgan fingerprint density at radius 2 is 2.04 bits per heavy atom. The second kappa shape index (κ2) is 6.45.